The first-order valence-electron chi connectivity index (χ1n) is 6.04. The molecule has 0 aliphatic carbocycles. The van der Waals surface area contributed by atoms with E-state index in [1.54, 1.807) is 30.9 Å². The van der Waals surface area contributed by atoms with E-state index in [1.165, 1.54) is 0 Å². The van der Waals surface area contributed by atoms with Gasteiger partial charge in [-0.1, -0.05) is 20.8 Å². The molecule has 0 unspecified atom stereocenters. The van der Waals surface area contributed by atoms with Gasteiger partial charge in [0.2, 0.25) is 0 Å². The average Bonchev–Trinajstić information content (AvgIpc) is 2.21. The van der Waals surface area contributed by atoms with Crippen molar-refractivity contribution in [1.82, 2.24) is 0 Å². The highest BCUT2D eigenvalue weighted by Gasteiger charge is 2.28. The molecule has 0 fully saturated rings. The van der Waals surface area contributed by atoms with Crippen LogP contribution in [0.25, 0.3) is 0 Å². The fourth-order valence-electron chi connectivity index (χ4n) is 1.80. The lowest BCUT2D eigenvalue weighted by Crippen LogP contribution is -2.49. The highest BCUT2D eigenvalue weighted by molar-refractivity contribution is 5.75. The standard InChI is InChI=1S/C13H23N3O2/c1-13(2,3)8(14)7-16(6)10-9(15(4)5)11(17)12(10)18/h8H,7,14H2,1-6H3/t8-/m1/s1. The van der Waals surface area contributed by atoms with Crippen LogP contribution in [0.3, 0.4) is 0 Å². The topological polar surface area (TPSA) is 66.6 Å². The lowest BCUT2D eigenvalue weighted by Gasteiger charge is -2.33. The number of anilines is 2. The first-order chi connectivity index (χ1) is 8.07. The van der Waals surface area contributed by atoms with Crippen LogP contribution in [0.15, 0.2) is 9.59 Å². The van der Waals surface area contributed by atoms with E-state index in [2.05, 4.69) is 20.8 Å². The van der Waals surface area contributed by atoms with Crippen molar-refractivity contribution < 1.29 is 0 Å². The van der Waals surface area contributed by atoms with Crippen molar-refractivity contribution in [3.8, 4) is 0 Å². The van der Waals surface area contributed by atoms with Gasteiger partial charge in [0.15, 0.2) is 0 Å². The van der Waals surface area contributed by atoms with E-state index in [0.29, 0.717) is 17.9 Å². The van der Waals surface area contributed by atoms with E-state index in [1.807, 2.05) is 0 Å². The molecule has 0 saturated heterocycles. The lowest BCUT2D eigenvalue weighted by atomic mass is 9.87. The Morgan fingerprint density at radius 3 is 1.89 bits per heavy atom. The fraction of sp³-hybridized carbons (Fsp3) is 0.692. The van der Waals surface area contributed by atoms with Gasteiger partial charge in [-0.2, -0.15) is 0 Å². The van der Waals surface area contributed by atoms with Crippen molar-refractivity contribution in [3.05, 3.63) is 20.4 Å². The van der Waals surface area contributed by atoms with E-state index in [0.717, 1.165) is 0 Å². The summed E-state index contributed by atoms with van der Waals surface area (Å²) in [6.45, 7) is 6.72. The zero-order valence-corrected chi connectivity index (χ0v) is 12.1. The van der Waals surface area contributed by atoms with Crippen molar-refractivity contribution in [2.24, 2.45) is 11.1 Å². The van der Waals surface area contributed by atoms with Gasteiger partial charge in [-0.15, -0.1) is 0 Å². The number of likely N-dealkylation sites (N-methyl/N-ethyl adjacent to an activating group) is 1. The largest absolute Gasteiger partial charge is 0.373 e. The summed E-state index contributed by atoms with van der Waals surface area (Å²) in [5, 5.41) is 0. The Balaban J connectivity index is 2.93. The van der Waals surface area contributed by atoms with Crippen LogP contribution in [0, 0.1) is 5.41 Å². The summed E-state index contributed by atoms with van der Waals surface area (Å²) < 4.78 is 0. The van der Waals surface area contributed by atoms with Crippen molar-refractivity contribution in [3.63, 3.8) is 0 Å². The zero-order chi connectivity index (χ0) is 14.2. The first-order valence-corrected chi connectivity index (χ1v) is 6.04. The molecule has 0 heterocycles. The summed E-state index contributed by atoms with van der Waals surface area (Å²) in [5.74, 6) is 0. The van der Waals surface area contributed by atoms with Crippen molar-refractivity contribution in [2.45, 2.75) is 26.8 Å². The smallest absolute Gasteiger partial charge is 0.253 e. The van der Waals surface area contributed by atoms with Crippen LogP contribution in [0.4, 0.5) is 11.4 Å². The summed E-state index contributed by atoms with van der Waals surface area (Å²) in [5.41, 5.74) is 6.18. The summed E-state index contributed by atoms with van der Waals surface area (Å²) in [4.78, 5) is 26.6. The minimum Gasteiger partial charge on any atom is -0.373 e. The molecule has 0 aromatic heterocycles. The molecule has 1 aromatic rings. The molecule has 2 N–H and O–H groups in total. The van der Waals surface area contributed by atoms with Crippen LogP contribution in [0.1, 0.15) is 20.8 Å². The molecular formula is C13H23N3O2. The molecule has 5 nitrogen and oxygen atoms in total. The Labute approximate surface area is 108 Å². The molecule has 5 heteroatoms. The van der Waals surface area contributed by atoms with Crippen LogP contribution in [-0.2, 0) is 0 Å². The molecule has 102 valence electrons. The minimum absolute atomic E-state index is 0.0378. The predicted molar refractivity (Wildman–Crippen MR) is 76.4 cm³/mol. The molecule has 0 aliphatic rings. The Hall–Kier alpha value is -1.36. The maximum absolute atomic E-state index is 11.6. The van der Waals surface area contributed by atoms with E-state index >= 15 is 0 Å². The summed E-state index contributed by atoms with van der Waals surface area (Å²) >= 11 is 0. The first kappa shape index (κ1) is 14.7. The molecule has 0 bridgehead atoms. The van der Waals surface area contributed by atoms with Gasteiger partial charge in [0.05, 0.1) is 0 Å². The van der Waals surface area contributed by atoms with Gasteiger partial charge in [-0.3, -0.25) is 9.59 Å². The highest BCUT2D eigenvalue weighted by atomic mass is 16.2. The second-order valence-corrected chi connectivity index (χ2v) is 6.10. The number of nitrogens with zero attached hydrogens (tertiary/aromatic N) is 2. The molecule has 0 saturated carbocycles. The molecule has 0 amide bonds. The van der Waals surface area contributed by atoms with Crippen molar-refractivity contribution >= 4 is 11.4 Å². The number of nitrogens with two attached hydrogens (primary N) is 1. The van der Waals surface area contributed by atoms with E-state index in [-0.39, 0.29) is 11.5 Å². The number of rotatable bonds is 4. The summed E-state index contributed by atoms with van der Waals surface area (Å²) in [7, 11) is 5.32. The second kappa shape index (κ2) is 4.72. The maximum atomic E-state index is 11.6. The minimum atomic E-state index is -0.415. The van der Waals surface area contributed by atoms with Gasteiger partial charge >= 0.3 is 0 Å². The summed E-state index contributed by atoms with van der Waals surface area (Å²) in [6.07, 6.45) is 0. The zero-order valence-electron chi connectivity index (χ0n) is 12.1. The third-order valence-electron chi connectivity index (χ3n) is 3.27. The quantitative estimate of drug-likeness (QED) is 0.774. The normalized spacial score (nSPS) is 13.7. The Kier molecular flexibility index (Phi) is 3.86. The molecule has 1 rings (SSSR count). The van der Waals surface area contributed by atoms with Crippen molar-refractivity contribution in [2.75, 3.05) is 37.5 Å². The predicted octanol–water partition coefficient (Wildman–Crippen LogP) is 0.158. The number of hydrogen-bond donors (Lipinski definition) is 1. The Morgan fingerprint density at radius 1 is 1.06 bits per heavy atom. The number of hydrogen-bond acceptors (Lipinski definition) is 5. The maximum Gasteiger partial charge on any atom is 0.253 e. The van der Waals surface area contributed by atoms with Crippen LogP contribution < -0.4 is 26.4 Å². The van der Waals surface area contributed by atoms with Gasteiger partial charge in [0, 0.05) is 33.7 Å². The third-order valence-corrected chi connectivity index (χ3v) is 3.27. The van der Waals surface area contributed by atoms with Gasteiger partial charge in [-0.05, 0) is 5.41 Å². The second-order valence-electron chi connectivity index (χ2n) is 6.10. The molecular weight excluding hydrogens is 230 g/mol. The van der Waals surface area contributed by atoms with E-state index in [9.17, 15) is 9.59 Å². The summed E-state index contributed by atoms with van der Waals surface area (Å²) in [6, 6.07) is -0.0677. The monoisotopic (exact) mass is 253 g/mol. The molecule has 1 aromatic carbocycles. The van der Waals surface area contributed by atoms with Gasteiger partial charge in [0.1, 0.15) is 11.4 Å². The van der Waals surface area contributed by atoms with Crippen LogP contribution in [-0.4, -0.2) is 33.7 Å². The van der Waals surface area contributed by atoms with Crippen LogP contribution in [0.5, 0.6) is 0 Å². The third kappa shape index (κ3) is 2.56. The average molecular weight is 253 g/mol. The van der Waals surface area contributed by atoms with Crippen LogP contribution in [0.2, 0.25) is 0 Å². The molecule has 0 spiro atoms. The van der Waals surface area contributed by atoms with Gasteiger partial charge in [0.25, 0.3) is 10.9 Å². The molecule has 0 aliphatic heterocycles. The Morgan fingerprint density at radius 2 is 1.50 bits per heavy atom. The van der Waals surface area contributed by atoms with E-state index in [4.69, 9.17) is 5.73 Å². The molecule has 1 atom stereocenters. The van der Waals surface area contributed by atoms with Gasteiger partial charge in [-0.25, -0.2) is 0 Å². The Bertz CT molecular complexity index is 493. The highest BCUT2D eigenvalue weighted by Crippen LogP contribution is 2.24. The van der Waals surface area contributed by atoms with Crippen LogP contribution >= 0.6 is 0 Å². The molecule has 0 radical (unpaired) electrons. The van der Waals surface area contributed by atoms with Crippen molar-refractivity contribution in [1.29, 1.82) is 0 Å². The SMILES string of the molecule is CN(C)c1c(N(C)C[C@@H](N)C(C)(C)C)c(=O)c1=O. The lowest BCUT2D eigenvalue weighted by molar-refractivity contribution is 0.323. The molecule has 18 heavy (non-hydrogen) atoms. The fourth-order valence-corrected chi connectivity index (χ4v) is 1.80. The van der Waals surface area contributed by atoms with E-state index < -0.39 is 10.9 Å². The van der Waals surface area contributed by atoms with Gasteiger partial charge < -0.3 is 15.5 Å².